The van der Waals surface area contributed by atoms with E-state index in [1.54, 1.807) is 12.1 Å². The Morgan fingerprint density at radius 3 is 1.84 bits per heavy atom. The molecule has 5 aromatic carbocycles. The zero-order valence-electron chi connectivity index (χ0n) is 17.6. The molecule has 0 bridgehead atoms. The van der Waals surface area contributed by atoms with Crippen LogP contribution in [-0.2, 0) is 0 Å². The molecule has 2 heteroatoms. The second-order valence-electron chi connectivity index (χ2n) is 8.23. The van der Waals surface area contributed by atoms with Gasteiger partial charge >= 0.3 is 0 Å². The molecule has 1 unspecified atom stereocenters. The summed E-state index contributed by atoms with van der Waals surface area (Å²) in [5.41, 5.74) is 5.02. The van der Waals surface area contributed by atoms with Crippen LogP contribution in [0.3, 0.4) is 0 Å². The van der Waals surface area contributed by atoms with Crippen molar-refractivity contribution in [2.75, 3.05) is 0 Å². The van der Waals surface area contributed by atoms with Gasteiger partial charge in [-0.25, -0.2) is 0 Å². The van der Waals surface area contributed by atoms with E-state index in [0.717, 1.165) is 22.3 Å². The van der Waals surface area contributed by atoms with Crippen molar-refractivity contribution in [2.24, 2.45) is 0 Å². The van der Waals surface area contributed by atoms with Gasteiger partial charge in [0.25, 0.3) is 0 Å². The molecular formula is C29H24O2. The summed E-state index contributed by atoms with van der Waals surface area (Å²) in [6.45, 7) is 4.11. The summed E-state index contributed by atoms with van der Waals surface area (Å²) < 4.78 is 0. The first kappa shape index (κ1) is 19.2. The number of phenols is 2. The molecule has 0 aliphatic rings. The molecule has 0 spiro atoms. The van der Waals surface area contributed by atoms with Crippen molar-refractivity contribution in [1.29, 1.82) is 0 Å². The SMILES string of the molecule is Cc1cc(-c2ccc(O)cc2)cc(C(C)c2c3ccccc3cc3ccccc23)c1O. The number of phenolic OH excluding ortho intramolecular Hbond substituents is 2. The first-order valence-corrected chi connectivity index (χ1v) is 10.6. The number of fused-ring (bicyclic) bond motifs is 2. The van der Waals surface area contributed by atoms with Gasteiger partial charge in [0.2, 0.25) is 0 Å². The van der Waals surface area contributed by atoms with E-state index in [1.165, 1.54) is 27.1 Å². The van der Waals surface area contributed by atoms with Crippen molar-refractivity contribution in [1.82, 2.24) is 0 Å². The maximum absolute atomic E-state index is 11.0. The predicted molar refractivity (Wildman–Crippen MR) is 129 cm³/mol. The Labute approximate surface area is 182 Å². The van der Waals surface area contributed by atoms with Crippen LogP contribution in [0, 0.1) is 6.92 Å². The fourth-order valence-corrected chi connectivity index (χ4v) is 4.63. The molecule has 5 aromatic rings. The quantitative estimate of drug-likeness (QED) is 0.305. The number of aryl methyl sites for hydroxylation is 1. The number of rotatable bonds is 3. The van der Waals surface area contributed by atoms with E-state index in [9.17, 15) is 10.2 Å². The Hall–Kier alpha value is -3.78. The van der Waals surface area contributed by atoms with E-state index >= 15 is 0 Å². The van der Waals surface area contributed by atoms with Crippen LogP contribution in [0.15, 0.2) is 91.0 Å². The van der Waals surface area contributed by atoms with Crippen molar-refractivity contribution in [3.8, 4) is 22.6 Å². The highest BCUT2D eigenvalue weighted by Gasteiger charge is 2.20. The van der Waals surface area contributed by atoms with Gasteiger partial charge in [-0.15, -0.1) is 0 Å². The average molecular weight is 405 g/mol. The van der Waals surface area contributed by atoms with E-state index < -0.39 is 0 Å². The fraction of sp³-hybridized carbons (Fsp3) is 0.103. The largest absolute Gasteiger partial charge is 0.508 e. The van der Waals surface area contributed by atoms with Crippen LogP contribution in [0.25, 0.3) is 32.7 Å². The maximum atomic E-state index is 11.0. The topological polar surface area (TPSA) is 40.5 Å². The van der Waals surface area contributed by atoms with E-state index in [4.69, 9.17) is 0 Å². The van der Waals surface area contributed by atoms with Gasteiger partial charge in [0.15, 0.2) is 0 Å². The lowest BCUT2D eigenvalue weighted by atomic mass is 9.83. The predicted octanol–water partition coefficient (Wildman–Crippen LogP) is 7.53. The van der Waals surface area contributed by atoms with Crippen LogP contribution in [0.1, 0.15) is 29.5 Å². The molecule has 31 heavy (non-hydrogen) atoms. The lowest BCUT2D eigenvalue weighted by molar-refractivity contribution is 0.462. The third-order valence-electron chi connectivity index (χ3n) is 6.24. The molecule has 0 aliphatic heterocycles. The van der Waals surface area contributed by atoms with Crippen LogP contribution in [0.5, 0.6) is 11.5 Å². The second kappa shape index (κ2) is 7.48. The molecule has 0 radical (unpaired) electrons. The van der Waals surface area contributed by atoms with Crippen molar-refractivity contribution in [3.05, 3.63) is 108 Å². The van der Waals surface area contributed by atoms with Gasteiger partial charge in [-0.3, -0.25) is 0 Å². The van der Waals surface area contributed by atoms with Gasteiger partial charge < -0.3 is 10.2 Å². The zero-order valence-corrected chi connectivity index (χ0v) is 17.6. The molecular weight excluding hydrogens is 380 g/mol. The van der Waals surface area contributed by atoms with E-state index in [-0.39, 0.29) is 11.7 Å². The molecule has 2 nitrogen and oxygen atoms in total. The van der Waals surface area contributed by atoms with E-state index in [2.05, 4.69) is 67.6 Å². The lowest BCUT2D eigenvalue weighted by Crippen LogP contribution is -2.01. The van der Waals surface area contributed by atoms with Crippen LogP contribution < -0.4 is 0 Å². The molecule has 0 saturated carbocycles. The molecule has 5 rings (SSSR count). The Bertz CT molecular complexity index is 1360. The fourth-order valence-electron chi connectivity index (χ4n) is 4.63. The minimum absolute atomic E-state index is 0.00762. The van der Waals surface area contributed by atoms with Gasteiger partial charge in [0.05, 0.1) is 0 Å². The smallest absolute Gasteiger partial charge is 0.122 e. The summed E-state index contributed by atoms with van der Waals surface area (Å²) in [6, 6.07) is 30.4. The number of hydrogen-bond donors (Lipinski definition) is 2. The van der Waals surface area contributed by atoms with Gasteiger partial charge in [-0.05, 0) is 81.1 Å². The van der Waals surface area contributed by atoms with Crippen molar-refractivity contribution in [3.63, 3.8) is 0 Å². The summed E-state index contributed by atoms with van der Waals surface area (Å²) in [7, 11) is 0. The Kier molecular flexibility index (Phi) is 4.63. The minimum atomic E-state index is -0.00762. The molecule has 0 saturated heterocycles. The van der Waals surface area contributed by atoms with Gasteiger partial charge in [-0.1, -0.05) is 67.6 Å². The van der Waals surface area contributed by atoms with E-state index in [1.807, 2.05) is 25.1 Å². The molecule has 0 aliphatic carbocycles. The van der Waals surface area contributed by atoms with Crippen LogP contribution in [0.2, 0.25) is 0 Å². The lowest BCUT2D eigenvalue weighted by Gasteiger charge is -2.21. The minimum Gasteiger partial charge on any atom is -0.508 e. The zero-order chi connectivity index (χ0) is 21.5. The highest BCUT2D eigenvalue weighted by molar-refractivity contribution is 6.03. The third kappa shape index (κ3) is 3.30. The maximum Gasteiger partial charge on any atom is 0.122 e. The first-order valence-electron chi connectivity index (χ1n) is 10.6. The van der Waals surface area contributed by atoms with Crippen LogP contribution >= 0.6 is 0 Å². The highest BCUT2D eigenvalue weighted by atomic mass is 16.3. The molecule has 0 heterocycles. The third-order valence-corrected chi connectivity index (χ3v) is 6.24. The Balaban J connectivity index is 1.76. The van der Waals surface area contributed by atoms with Gasteiger partial charge in [0.1, 0.15) is 11.5 Å². The van der Waals surface area contributed by atoms with Crippen molar-refractivity contribution >= 4 is 21.5 Å². The molecule has 1 atom stereocenters. The standard InChI is InChI=1S/C29H24O2/c1-18-15-23(20-11-13-24(30)14-12-20)17-27(29(18)31)19(2)28-25-9-5-3-7-21(25)16-22-8-4-6-10-26(22)28/h3-17,19,30-31H,1-2H3. The summed E-state index contributed by atoms with van der Waals surface area (Å²) in [5.74, 6) is 0.578. The summed E-state index contributed by atoms with van der Waals surface area (Å²) in [5, 5.41) is 25.5. The van der Waals surface area contributed by atoms with Gasteiger partial charge in [-0.2, -0.15) is 0 Å². The van der Waals surface area contributed by atoms with E-state index in [0.29, 0.717) is 5.75 Å². The monoisotopic (exact) mass is 404 g/mol. The molecule has 0 amide bonds. The molecule has 0 aromatic heterocycles. The summed E-state index contributed by atoms with van der Waals surface area (Å²) >= 11 is 0. The van der Waals surface area contributed by atoms with Gasteiger partial charge in [0, 0.05) is 11.5 Å². The highest BCUT2D eigenvalue weighted by Crippen LogP contribution is 2.42. The molecule has 0 fully saturated rings. The number of benzene rings is 5. The van der Waals surface area contributed by atoms with Crippen molar-refractivity contribution in [2.45, 2.75) is 19.8 Å². The van der Waals surface area contributed by atoms with Crippen LogP contribution in [0.4, 0.5) is 0 Å². The second-order valence-corrected chi connectivity index (χ2v) is 8.23. The Morgan fingerprint density at radius 1 is 0.645 bits per heavy atom. The average Bonchev–Trinajstić information content (AvgIpc) is 2.79. The molecule has 2 N–H and O–H groups in total. The summed E-state index contributed by atoms with van der Waals surface area (Å²) in [4.78, 5) is 0. The normalized spacial score (nSPS) is 12.3. The Morgan fingerprint density at radius 2 is 1.23 bits per heavy atom. The number of aromatic hydroxyl groups is 2. The van der Waals surface area contributed by atoms with Crippen LogP contribution in [-0.4, -0.2) is 10.2 Å². The first-order chi connectivity index (χ1) is 15.0. The number of hydrogen-bond acceptors (Lipinski definition) is 2. The summed E-state index contributed by atoms with van der Waals surface area (Å²) in [6.07, 6.45) is 0. The van der Waals surface area contributed by atoms with Crippen molar-refractivity contribution < 1.29 is 10.2 Å². The molecule has 152 valence electrons.